The highest BCUT2D eigenvalue weighted by Crippen LogP contribution is 2.45. The van der Waals surface area contributed by atoms with Gasteiger partial charge in [-0.2, -0.15) is 11.8 Å². The number of ketones is 1. The van der Waals surface area contributed by atoms with Crippen molar-refractivity contribution >= 4 is 45.8 Å². The van der Waals surface area contributed by atoms with Crippen molar-refractivity contribution in [2.75, 3.05) is 18.1 Å². The molecule has 186 valence electrons. The first-order valence-electron chi connectivity index (χ1n) is 12.0. The first kappa shape index (κ1) is 24.6. The van der Waals surface area contributed by atoms with Crippen molar-refractivity contribution in [1.82, 2.24) is 5.32 Å². The van der Waals surface area contributed by atoms with Crippen molar-refractivity contribution in [3.05, 3.63) is 91.2 Å². The normalized spacial score (nSPS) is 19.9. The Balaban J connectivity index is 1.61. The average molecular weight is 522 g/mol. The molecule has 1 aliphatic carbocycles. The first-order valence-corrected chi connectivity index (χ1v) is 14.1. The zero-order valence-corrected chi connectivity index (χ0v) is 21.8. The molecule has 6 nitrogen and oxygen atoms in total. The Hall–Kier alpha value is -3.10. The molecule has 8 heteroatoms. The van der Waals surface area contributed by atoms with E-state index in [9.17, 15) is 14.4 Å². The predicted octanol–water partition coefficient (Wildman–Crippen LogP) is 5.51. The number of hydrogen-bond donors (Lipinski definition) is 1. The van der Waals surface area contributed by atoms with Crippen molar-refractivity contribution in [3.63, 3.8) is 0 Å². The van der Waals surface area contributed by atoms with Gasteiger partial charge in [0.15, 0.2) is 11.2 Å². The largest absolute Gasteiger partial charge is 0.464 e. The van der Waals surface area contributed by atoms with Gasteiger partial charge in [0, 0.05) is 45.5 Å². The SMILES string of the molecule is CCSCCOC(=O)C1=C(C)NC2=C(C(=O)C[C@@H](c3cccs3)C2)[C@@H]1c1coc2ccccc2c1=O. The van der Waals surface area contributed by atoms with Gasteiger partial charge in [-0.15, -0.1) is 11.3 Å². The van der Waals surface area contributed by atoms with Crippen LogP contribution in [-0.4, -0.2) is 29.9 Å². The minimum Gasteiger partial charge on any atom is -0.464 e. The molecule has 1 aromatic carbocycles. The second-order valence-corrected chi connectivity index (χ2v) is 11.3. The lowest BCUT2D eigenvalue weighted by Gasteiger charge is -2.36. The first-order chi connectivity index (χ1) is 17.5. The number of fused-ring (bicyclic) bond motifs is 1. The van der Waals surface area contributed by atoms with Crippen LogP contribution in [0.15, 0.2) is 79.8 Å². The number of Topliss-reactive ketones (excluding diaryl/α,β-unsaturated/α-hetero) is 1. The smallest absolute Gasteiger partial charge is 0.336 e. The average Bonchev–Trinajstić information content (AvgIpc) is 3.41. The van der Waals surface area contributed by atoms with Gasteiger partial charge in [-0.1, -0.05) is 25.1 Å². The van der Waals surface area contributed by atoms with Crippen LogP contribution in [0.3, 0.4) is 0 Å². The number of carbonyl (C=O) groups is 2. The van der Waals surface area contributed by atoms with Crippen molar-refractivity contribution < 1.29 is 18.7 Å². The summed E-state index contributed by atoms with van der Waals surface area (Å²) in [4.78, 5) is 41.8. The number of dihydropyridines is 1. The van der Waals surface area contributed by atoms with Crippen LogP contribution < -0.4 is 10.7 Å². The Kier molecular flexibility index (Phi) is 7.16. The molecule has 0 unspecified atom stereocenters. The zero-order chi connectivity index (χ0) is 25.2. The van der Waals surface area contributed by atoms with E-state index in [-0.39, 0.29) is 29.3 Å². The van der Waals surface area contributed by atoms with Gasteiger partial charge >= 0.3 is 5.97 Å². The highest BCUT2D eigenvalue weighted by molar-refractivity contribution is 7.99. The summed E-state index contributed by atoms with van der Waals surface area (Å²) in [7, 11) is 0. The number of para-hydroxylation sites is 1. The monoisotopic (exact) mass is 521 g/mol. The molecule has 1 N–H and O–H groups in total. The summed E-state index contributed by atoms with van der Waals surface area (Å²) in [6.45, 7) is 4.11. The predicted molar refractivity (Wildman–Crippen MR) is 143 cm³/mol. The quantitative estimate of drug-likeness (QED) is 0.324. The molecule has 0 radical (unpaired) electrons. The molecule has 0 bridgehead atoms. The molecule has 2 atom stereocenters. The summed E-state index contributed by atoms with van der Waals surface area (Å²) in [5, 5.41) is 5.76. The number of allylic oxidation sites excluding steroid dienone is 3. The van der Waals surface area contributed by atoms with Gasteiger partial charge in [-0.3, -0.25) is 9.59 Å². The van der Waals surface area contributed by atoms with Gasteiger partial charge in [0.2, 0.25) is 0 Å². The summed E-state index contributed by atoms with van der Waals surface area (Å²) >= 11 is 3.32. The summed E-state index contributed by atoms with van der Waals surface area (Å²) in [6, 6.07) is 11.0. The van der Waals surface area contributed by atoms with Crippen molar-refractivity contribution in [3.8, 4) is 0 Å². The molecular formula is C28H27NO5S2. The molecule has 3 aromatic rings. The van der Waals surface area contributed by atoms with Crippen LogP contribution in [0.25, 0.3) is 11.0 Å². The number of carbonyl (C=O) groups excluding carboxylic acids is 2. The fourth-order valence-corrected chi connectivity index (χ4v) is 6.37. The topological polar surface area (TPSA) is 85.6 Å². The maximum Gasteiger partial charge on any atom is 0.336 e. The van der Waals surface area contributed by atoms with Crippen molar-refractivity contribution in [1.29, 1.82) is 0 Å². The Bertz CT molecular complexity index is 1430. The molecule has 0 spiro atoms. The van der Waals surface area contributed by atoms with Crippen LogP contribution in [0, 0.1) is 0 Å². The maximum absolute atomic E-state index is 13.7. The summed E-state index contributed by atoms with van der Waals surface area (Å²) < 4.78 is 11.4. The van der Waals surface area contributed by atoms with E-state index in [1.165, 1.54) is 6.26 Å². The van der Waals surface area contributed by atoms with E-state index in [1.807, 2.05) is 24.4 Å². The number of nitrogens with one attached hydrogen (secondary N) is 1. The number of rotatable bonds is 7. The van der Waals surface area contributed by atoms with E-state index in [1.54, 1.807) is 54.3 Å². The Morgan fingerprint density at radius 1 is 1.19 bits per heavy atom. The van der Waals surface area contributed by atoms with Gasteiger partial charge in [0.25, 0.3) is 0 Å². The van der Waals surface area contributed by atoms with E-state index in [0.29, 0.717) is 46.4 Å². The third-order valence-corrected chi connectivity index (χ3v) is 8.57. The third kappa shape index (κ3) is 4.55. The third-order valence-electron chi connectivity index (χ3n) is 6.68. The molecule has 5 rings (SSSR count). The van der Waals surface area contributed by atoms with Crippen LogP contribution in [0.4, 0.5) is 0 Å². The van der Waals surface area contributed by atoms with Crippen LogP contribution in [-0.2, 0) is 14.3 Å². The second-order valence-electron chi connectivity index (χ2n) is 8.88. The summed E-state index contributed by atoms with van der Waals surface area (Å²) in [5.41, 5.74) is 2.61. The minimum atomic E-state index is -0.842. The van der Waals surface area contributed by atoms with Gasteiger partial charge in [0.05, 0.1) is 23.1 Å². The Labute approximate surface area is 217 Å². The summed E-state index contributed by atoms with van der Waals surface area (Å²) in [5.74, 6) is 0.237. The lowest BCUT2D eigenvalue weighted by molar-refractivity contribution is -0.138. The van der Waals surface area contributed by atoms with Crippen LogP contribution in [0.1, 0.15) is 49.0 Å². The van der Waals surface area contributed by atoms with Gasteiger partial charge in [-0.25, -0.2) is 4.79 Å². The van der Waals surface area contributed by atoms with Gasteiger partial charge < -0.3 is 14.5 Å². The van der Waals surface area contributed by atoms with E-state index in [2.05, 4.69) is 5.32 Å². The van der Waals surface area contributed by atoms with Crippen LogP contribution in [0.5, 0.6) is 0 Å². The van der Waals surface area contributed by atoms with Crippen LogP contribution in [0.2, 0.25) is 0 Å². The molecule has 0 saturated carbocycles. The molecule has 0 saturated heterocycles. The number of ether oxygens (including phenoxy) is 1. The Morgan fingerprint density at radius 3 is 2.81 bits per heavy atom. The van der Waals surface area contributed by atoms with Gasteiger partial charge in [-0.05, 0) is 42.7 Å². The van der Waals surface area contributed by atoms with Crippen LogP contribution >= 0.6 is 23.1 Å². The van der Waals surface area contributed by atoms with E-state index >= 15 is 0 Å². The molecule has 0 amide bonds. The summed E-state index contributed by atoms with van der Waals surface area (Å²) in [6.07, 6.45) is 2.35. The molecule has 2 aromatic heterocycles. The fraction of sp³-hybridized carbons (Fsp3) is 0.321. The number of esters is 1. The van der Waals surface area contributed by atoms with E-state index in [4.69, 9.17) is 9.15 Å². The molecular weight excluding hydrogens is 494 g/mol. The number of thioether (sulfide) groups is 1. The number of hydrogen-bond acceptors (Lipinski definition) is 8. The molecule has 2 aliphatic rings. The number of benzene rings is 1. The zero-order valence-electron chi connectivity index (χ0n) is 20.2. The molecule has 1 aliphatic heterocycles. The second kappa shape index (κ2) is 10.5. The van der Waals surface area contributed by atoms with Gasteiger partial charge in [0.1, 0.15) is 12.2 Å². The minimum absolute atomic E-state index is 0.0600. The highest BCUT2D eigenvalue weighted by Gasteiger charge is 2.43. The van der Waals surface area contributed by atoms with Crippen molar-refractivity contribution in [2.24, 2.45) is 0 Å². The van der Waals surface area contributed by atoms with E-state index in [0.717, 1.165) is 16.3 Å². The molecule has 3 heterocycles. The molecule has 0 fully saturated rings. The Morgan fingerprint density at radius 2 is 2.03 bits per heavy atom. The lowest BCUT2D eigenvalue weighted by atomic mass is 9.73. The number of thiophene rings is 1. The van der Waals surface area contributed by atoms with E-state index < -0.39 is 11.9 Å². The molecule has 36 heavy (non-hydrogen) atoms. The maximum atomic E-state index is 13.7. The fourth-order valence-electron chi connectivity index (χ4n) is 5.05. The lowest BCUT2D eigenvalue weighted by Crippen LogP contribution is -2.37. The highest BCUT2D eigenvalue weighted by atomic mass is 32.2. The van der Waals surface area contributed by atoms with Crippen molar-refractivity contribution in [2.45, 2.75) is 38.5 Å². The standard InChI is InChI=1S/C28H27NO5S2/c1-3-35-12-10-33-28(32)24-16(2)29-20-13-17(23-9-6-11-36-23)14-21(30)26(20)25(24)19-15-34-22-8-5-4-7-18(22)27(19)31/h4-9,11,15,17,25,29H,3,10,12-14H2,1-2H3/t17-,25+/m0/s1.